The zero-order valence-electron chi connectivity index (χ0n) is 11.2. The van der Waals surface area contributed by atoms with E-state index in [1.807, 2.05) is 0 Å². The van der Waals surface area contributed by atoms with Gasteiger partial charge in [-0.1, -0.05) is 5.21 Å². The van der Waals surface area contributed by atoms with Gasteiger partial charge in [-0.2, -0.15) is 5.10 Å². The summed E-state index contributed by atoms with van der Waals surface area (Å²) in [5.74, 6) is -0.747. The van der Waals surface area contributed by atoms with Gasteiger partial charge in [0.25, 0.3) is 10.0 Å². The lowest BCUT2D eigenvalue weighted by Crippen LogP contribution is -2.29. The lowest BCUT2D eigenvalue weighted by Gasteiger charge is -2.06. The summed E-state index contributed by atoms with van der Waals surface area (Å²) in [5, 5.41) is 12.9. The van der Waals surface area contributed by atoms with Gasteiger partial charge in [0.2, 0.25) is 0 Å². The van der Waals surface area contributed by atoms with Gasteiger partial charge in [-0.25, -0.2) is 17.9 Å². The van der Waals surface area contributed by atoms with Gasteiger partial charge in [-0.15, -0.1) is 5.10 Å². The van der Waals surface area contributed by atoms with Crippen molar-refractivity contribution in [3.63, 3.8) is 0 Å². The summed E-state index contributed by atoms with van der Waals surface area (Å²) in [6.07, 6.45) is 4.21. The number of aromatic amines is 1. The maximum absolute atomic E-state index is 12.1. The summed E-state index contributed by atoms with van der Waals surface area (Å²) < 4.78 is 32.8. The molecular formula is C10H14N6O4S. The molecule has 0 saturated carbocycles. The number of hydrogen-bond acceptors (Lipinski definition) is 7. The van der Waals surface area contributed by atoms with Crippen LogP contribution < -0.4 is 4.72 Å². The van der Waals surface area contributed by atoms with Crippen LogP contribution in [0.25, 0.3) is 0 Å². The average Bonchev–Trinajstić information content (AvgIpc) is 3.10. The van der Waals surface area contributed by atoms with E-state index in [0.717, 1.165) is 6.20 Å². The molecule has 2 aromatic heterocycles. The molecule has 2 aromatic rings. The van der Waals surface area contributed by atoms with Crippen LogP contribution in [0, 0.1) is 0 Å². The van der Waals surface area contributed by atoms with E-state index < -0.39 is 16.0 Å². The Kier molecular flexibility index (Phi) is 4.65. The van der Waals surface area contributed by atoms with Crippen LogP contribution in [0.1, 0.15) is 17.3 Å². The number of hydrogen-bond donors (Lipinski definition) is 2. The molecule has 0 aliphatic carbocycles. The number of rotatable bonds is 7. The zero-order chi connectivity index (χ0) is 15.3. The number of sulfonamides is 1. The van der Waals surface area contributed by atoms with Gasteiger partial charge in [0.15, 0.2) is 5.03 Å². The second-order valence-corrected chi connectivity index (χ2v) is 5.60. The quantitative estimate of drug-likeness (QED) is 0.636. The minimum Gasteiger partial charge on any atom is -0.462 e. The number of carbonyl (C=O) groups is 1. The van der Waals surface area contributed by atoms with Crippen LogP contribution in [0.5, 0.6) is 0 Å². The van der Waals surface area contributed by atoms with Gasteiger partial charge in [0.05, 0.1) is 25.5 Å². The van der Waals surface area contributed by atoms with Gasteiger partial charge in [-0.3, -0.25) is 9.78 Å². The molecule has 0 spiro atoms. The molecule has 10 nitrogen and oxygen atoms in total. The highest BCUT2D eigenvalue weighted by molar-refractivity contribution is 7.89. The van der Waals surface area contributed by atoms with Gasteiger partial charge in [0.1, 0.15) is 5.56 Å². The highest BCUT2D eigenvalue weighted by Crippen LogP contribution is 2.12. The molecule has 21 heavy (non-hydrogen) atoms. The van der Waals surface area contributed by atoms with Crippen molar-refractivity contribution in [3.8, 4) is 0 Å². The van der Waals surface area contributed by atoms with Crippen LogP contribution >= 0.6 is 0 Å². The first-order valence-electron chi connectivity index (χ1n) is 6.09. The lowest BCUT2D eigenvalue weighted by atomic mass is 10.4. The van der Waals surface area contributed by atoms with Crippen LogP contribution in [0.3, 0.4) is 0 Å². The predicted octanol–water partition coefficient (Wildman–Crippen LogP) is -0.844. The molecular weight excluding hydrogens is 300 g/mol. The first-order chi connectivity index (χ1) is 10.0. The van der Waals surface area contributed by atoms with Crippen molar-refractivity contribution in [1.82, 2.24) is 29.9 Å². The summed E-state index contributed by atoms with van der Waals surface area (Å²) in [5.41, 5.74) is -0.134. The van der Waals surface area contributed by atoms with Crippen LogP contribution in [0.15, 0.2) is 23.6 Å². The van der Waals surface area contributed by atoms with Gasteiger partial charge >= 0.3 is 5.97 Å². The maximum Gasteiger partial charge on any atom is 0.342 e. The largest absolute Gasteiger partial charge is 0.462 e. The molecule has 0 bridgehead atoms. The Morgan fingerprint density at radius 3 is 3.00 bits per heavy atom. The Morgan fingerprint density at radius 2 is 2.33 bits per heavy atom. The third kappa shape index (κ3) is 3.64. The first kappa shape index (κ1) is 15.1. The summed E-state index contributed by atoms with van der Waals surface area (Å²) in [6, 6.07) is 0. The fraction of sp³-hybridized carbons (Fsp3) is 0.400. The summed E-state index contributed by atoms with van der Waals surface area (Å²) >= 11 is 0. The highest BCUT2D eigenvalue weighted by atomic mass is 32.2. The maximum atomic E-state index is 12.1. The summed E-state index contributed by atoms with van der Waals surface area (Å²) in [4.78, 5) is 11.6. The molecule has 0 atom stereocenters. The Morgan fingerprint density at radius 1 is 1.52 bits per heavy atom. The van der Waals surface area contributed by atoms with E-state index in [-0.39, 0.29) is 23.7 Å². The molecule has 0 aromatic carbocycles. The summed E-state index contributed by atoms with van der Waals surface area (Å²) in [6.45, 7) is 2.17. The topological polar surface area (TPSA) is 132 Å². The molecule has 0 aliphatic heterocycles. The average molecular weight is 314 g/mol. The van der Waals surface area contributed by atoms with E-state index in [1.165, 1.54) is 10.9 Å². The Labute approximate surface area is 120 Å². The van der Waals surface area contributed by atoms with E-state index in [4.69, 9.17) is 4.74 Å². The van der Waals surface area contributed by atoms with Crippen LogP contribution in [-0.4, -0.2) is 52.7 Å². The fourth-order valence-corrected chi connectivity index (χ4v) is 2.65. The number of aromatic nitrogens is 5. The molecule has 0 amide bonds. The smallest absolute Gasteiger partial charge is 0.342 e. The molecule has 0 radical (unpaired) electrons. The van der Waals surface area contributed by atoms with Crippen LogP contribution in [0.4, 0.5) is 0 Å². The van der Waals surface area contributed by atoms with Crippen molar-refractivity contribution in [2.75, 3.05) is 13.2 Å². The minimum atomic E-state index is -3.89. The zero-order valence-corrected chi connectivity index (χ0v) is 12.0. The third-order valence-electron chi connectivity index (χ3n) is 2.47. The van der Waals surface area contributed by atoms with E-state index in [2.05, 4.69) is 25.2 Å². The lowest BCUT2D eigenvalue weighted by molar-refractivity contribution is 0.0522. The minimum absolute atomic E-state index is 0.0903. The Hall–Kier alpha value is -2.27. The molecule has 0 saturated heterocycles. The van der Waals surface area contributed by atoms with E-state index in [9.17, 15) is 13.2 Å². The molecule has 114 valence electrons. The van der Waals surface area contributed by atoms with Crippen molar-refractivity contribution in [1.29, 1.82) is 0 Å². The van der Waals surface area contributed by atoms with E-state index in [1.54, 1.807) is 13.1 Å². The SMILES string of the molecule is CCOC(=O)c1cn[nH]c1S(=O)(=O)NCCn1ccnn1. The number of H-pyrrole nitrogens is 1. The fourth-order valence-electron chi connectivity index (χ4n) is 1.55. The molecule has 2 rings (SSSR count). The normalized spacial score (nSPS) is 11.5. The molecule has 11 heteroatoms. The standard InChI is InChI=1S/C10H14N6O4S/c1-2-20-10(17)8-7-12-14-9(8)21(18,19)13-4-6-16-5-3-11-15-16/h3,5,7,13H,2,4,6H2,1H3,(H,12,14). The van der Waals surface area contributed by atoms with Gasteiger partial charge in [-0.05, 0) is 6.92 Å². The number of carbonyl (C=O) groups excluding carboxylic acids is 1. The van der Waals surface area contributed by atoms with Crippen molar-refractivity contribution in [2.24, 2.45) is 0 Å². The van der Waals surface area contributed by atoms with Gasteiger partial charge < -0.3 is 4.74 Å². The second kappa shape index (κ2) is 6.45. The molecule has 0 fully saturated rings. The molecule has 2 heterocycles. The third-order valence-corrected chi connectivity index (χ3v) is 3.91. The Bertz CT molecular complexity index is 693. The number of nitrogens with one attached hydrogen (secondary N) is 2. The molecule has 0 unspecified atom stereocenters. The van der Waals surface area contributed by atoms with Crippen molar-refractivity contribution in [2.45, 2.75) is 18.5 Å². The Balaban J connectivity index is 2.05. The second-order valence-electron chi connectivity index (χ2n) is 3.90. The van der Waals surface area contributed by atoms with Crippen molar-refractivity contribution < 1.29 is 17.9 Å². The van der Waals surface area contributed by atoms with Gasteiger partial charge in [0, 0.05) is 12.7 Å². The van der Waals surface area contributed by atoms with Crippen LogP contribution in [-0.2, 0) is 21.3 Å². The monoisotopic (exact) mass is 314 g/mol. The number of ether oxygens (including phenoxy) is 1. The van der Waals surface area contributed by atoms with E-state index in [0.29, 0.717) is 6.54 Å². The van der Waals surface area contributed by atoms with Crippen LogP contribution in [0.2, 0.25) is 0 Å². The predicted molar refractivity (Wildman–Crippen MR) is 69.8 cm³/mol. The van der Waals surface area contributed by atoms with E-state index >= 15 is 0 Å². The molecule has 2 N–H and O–H groups in total. The van der Waals surface area contributed by atoms with Crippen molar-refractivity contribution >= 4 is 16.0 Å². The molecule has 0 aliphatic rings. The number of nitrogens with zero attached hydrogens (tertiary/aromatic N) is 4. The number of esters is 1. The van der Waals surface area contributed by atoms with Crippen molar-refractivity contribution in [3.05, 3.63) is 24.2 Å². The first-order valence-corrected chi connectivity index (χ1v) is 7.57. The highest BCUT2D eigenvalue weighted by Gasteiger charge is 2.25. The summed E-state index contributed by atoms with van der Waals surface area (Å²) in [7, 11) is -3.89.